The van der Waals surface area contributed by atoms with Crippen LogP contribution in [0.1, 0.15) is 13.8 Å². The zero-order chi connectivity index (χ0) is 21.1. The minimum absolute atomic E-state index is 0.212. The Morgan fingerprint density at radius 3 is 2.50 bits per heavy atom. The Kier molecular flexibility index (Phi) is 5.74. The Morgan fingerprint density at radius 1 is 1.07 bits per heavy atom. The number of fused-ring (bicyclic) bond motifs is 1. The minimum Gasteiger partial charge on any atom is -0.507 e. The highest BCUT2D eigenvalue weighted by Crippen LogP contribution is 2.34. The number of para-hydroxylation sites is 1. The summed E-state index contributed by atoms with van der Waals surface area (Å²) in [5.41, 5.74) is 1.45. The fraction of sp³-hybridized carbons (Fsp3) is 0.333. The Balaban J connectivity index is 1.60. The van der Waals surface area contributed by atoms with E-state index in [1.807, 2.05) is 44.2 Å². The van der Waals surface area contributed by atoms with Crippen LogP contribution in [-0.2, 0) is 4.74 Å². The van der Waals surface area contributed by atoms with Gasteiger partial charge in [0.2, 0.25) is 0 Å². The van der Waals surface area contributed by atoms with E-state index in [1.165, 1.54) is 0 Å². The van der Waals surface area contributed by atoms with Crippen LogP contribution in [0.4, 0.5) is 10.6 Å². The molecular formula is C24H27N3O3. The highest BCUT2D eigenvalue weighted by atomic mass is 16.6. The van der Waals surface area contributed by atoms with Crippen molar-refractivity contribution in [3.63, 3.8) is 0 Å². The summed E-state index contributed by atoms with van der Waals surface area (Å²) in [5.74, 6) is 1.41. The lowest BCUT2D eigenvalue weighted by Crippen LogP contribution is -2.49. The monoisotopic (exact) mass is 405 g/mol. The zero-order valence-electron chi connectivity index (χ0n) is 17.4. The number of aromatic nitrogens is 1. The standard InChI is InChI=1S/C24H27N3O3/c1-17(2)16-30-24(29)27-13-11-26(12-14-27)23-19-8-4-3-7-18(19)15-21(25-23)20-9-5-6-10-22(20)28/h3-10,15,17,28H,11-14,16H2,1-2H3. The number of phenols is 1. The van der Waals surface area contributed by atoms with Gasteiger partial charge in [0.25, 0.3) is 0 Å². The fourth-order valence-corrected chi connectivity index (χ4v) is 3.68. The maximum atomic E-state index is 12.3. The number of carbonyl (C=O) groups excluding carboxylic acids is 1. The number of piperazine rings is 1. The number of pyridine rings is 1. The third kappa shape index (κ3) is 4.17. The number of ether oxygens (including phenoxy) is 1. The molecule has 0 aliphatic carbocycles. The van der Waals surface area contributed by atoms with Gasteiger partial charge in [-0.3, -0.25) is 0 Å². The van der Waals surface area contributed by atoms with Crippen LogP contribution in [-0.4, -0.2) is 53.9 Å². The summed E-state index contributed by atoms with van der Waals surface area (Å²) in [7, 11) is 0. The van der Waals surface area contributed by atoms with Crippen molar-refractivity contribution in [2.45, 2.75) is 13.8 Å². The average Bonchev–Trinajstić information content (AvgIpc) is 2.77. The summed E-state index contributed by atoms with van der Waals surface area (Å²) in [6, 6.07) is 17.4. The summed E-state index contributed by atoms with van der Waals surface area (Å²) >= 11 is 0. The molecule has 0 unspecified atom stereocenters. The summed E-state index contributed by atoms with van der Waals surface area (Å²) in [6.45, 7) is 7.03. The SMILES string of the molecule is CC(C)COC(=O)N1CCN(c2nc(-c3ccccc3O)cc3ccccc23)CC1. The molecule has 1 N–H and O–H groups in total. The predicted octanol–water partition coefficient (Wildman–Crippen LogP) is 4.52. The smallest absolute Gasteiger partial charge is 0.409 e. The van der Waals surface area contributed by atoms with Gasteiger partial charge in [0.1, 0.15) is 11.6 Å². The van der Waals surface area contributed by atoms with Gasteiger partial charge in [-0.2, -0.15) is 0 Å². The Labute approximate surface area is 176 Å². The number of anilines is 1. The van der Waals surface area contributed by atoms with Gasteiger partial charge in [-0.15, -0.1) is 0 Å². The van der Waals surface area contributed by atoms with Crippen LogP contribution in [0.25, 0.3) is 22.0 Å². The van der Waals surface area contributed by atoms with Crippen molar-refractivity contribution >= 4 is 22.7 Å². The predicted molar refractivity (Wildman–Crippen MR) is 119 cm³/mol. The van der Waals surface area contributed by atoms with E-state index >= 15 is 0 Å². The molecule has 0 radical (unpaired) electrons. The summed E-state index contributed by atoms with van der Waals surface area (Å²) in [6.07, 6.45) is -0.246. The van der Waals surface area contributed by atoms with Crippen LogP contribution in [0.2, 0.25) is 0 Å². The molecule has 1 aromatic heterocycles. The largest absolute Gasteiger partial charge is 0.507 e. The van der Waals surface area contributed by atoms with Gasteiger partial charge in [-0.25, -0.2) is 9.78 Å². The lowest BCUT2D eigenvalue weighted by atomic mass is 10.1. The first-order chi connectivity index (χ1) is 14.5. The molecular weight excluding hydrogens is 378 g/mol. The van der Waals surface area contributed by atoms with Crippen molar-refractivity contribution in [3.05, 3.63) is 54.6 Å². The fourth-order valence-electron chi connectivity index (χ4n) is 3.68. The van der Waals surface area contributed by atoms with Crippen LogP contribution in [0.3, 0.4) is 0 Å². The lowest BCUT2D eigenvalue weighted by Gasteiger charge is -2.35. The molecule has 2 aromatic carbocycles. The number of hydrogen-bond donors (Lipinski definition) is 1. The number of aromatic hydroxyl groups is 1. The molecule has 6 heteroatoms. The van der Waals surface area contributed by atoms with Crippen molar-refractivity contribution < 1.29 is 14.6 Å². The van der Waals surface area contributed by atoms with Gasteiger partial charge in [-0.1, -0.05) is 50.2 Å². The number of phenolic OH excluding ortho intramolecular Hbond substituents is 1. The van der Waals surface area contributed by atoms with Crippen LogP contribution in [0.5, 0.6) is 5.75 Å². The van der Waals surface area contributed by atoms with E-state index in [2.05, 4.69) is 17.0 Å². The van der Waals surface area contributed by atoms with Gasteiger partial charge >= 0.3 is 6.09 Å². The first kappa shape index (κ1) is 20.0. The van der Waals surface area contributed by atoms with E-state index in [0.29, 0.717) is 44.3 Å². The van der Waals surface area contributed by atoms with Crippen LogP contribution >= 0.6 is 0 Å². The van der Waals surface area contributed by atoms with Crippen molar-refractivity contribution in [3.8, 4) is 17.0 Å². The highest BCUT2D eigenvalue weighted by molar-refractivity contribution is 5.95. The van der Waals surface area contributed by atoms with E-state index in [9.17, 15) is 9.90 Å². The highest BCUT2D eigenvalue weighted by Gasteiger charge is 2.24. The molecule has 156 valence electrons. The number of amides is 1. The minimum atomic E-state index is -0.246. The summed E-state index contributed by atoms with van der Waals surface area (Å²) < 4.78 is 5.37. The van der Waals surface area contributed by atoms with E-state index in [0.717, 1.165) is 22.3 Å². The van der Waals surface area contributed by atoms with Gasteiger partial charge in [0.15, 0.2) is 0 Å². The molecule has 0 bridgehead atoms. The maximum Gasteiger partial charge on any atom is 0.409 e. The molecule has 0 spiro atoms. The molecule has 1 fully saturated rings. The van der Waals surface area contributed by atoms with Gasteiger partial charge in [0.05, 0.1) is 12.3 Å². The summed E-state index contributed by atoms with van der Waals surface area (Å²) in [4.78, 5) is 21.2. The second kappa shape index (κ2) is 8.61. The lowest BCUT2D eigenvalue weighted by molar-refractivity contribution is 0.0901. The number of benzene rings is 2. The molecule has 1 amide bonds. The Morgan fingerprint density at radius 2 is 1.77 bits per heavy atom. The van der Waals surface area contributed by atoms with E-state index in [4.69, 9.17) is 9.72 Å². The number of hydrogen-bond acceptors (Lipinski definition) is 5. The van der Waals surface area contributed by atoms with E-state index in [1.54, 1.807) is 17.0 Å². The maximum absolute atomic E-state index is 12.3. The van der Waals surface area contributed by atoms with Gasteiger partial charge in [0, 0.05) is 37.1 Å². The molecule has 4 rings (SSSR count). The van der Waals surface area contributed by atoms with Crippen molar-refractivity contribution in [1.29, 1.82) is 0 Å². The quantitative estimate of drug-likeness (QED) is 0.691. The van der Waals surface area contributed by atoms with Crippen molar-refractivity contribution in [2.24, 2.45) is 5.92 Å². The first-order valence-electron chi connectivity index (χ1n) is 10.4. The van der Waals surface area contributed by atoms with Gasteiger partial charge < -0.3 is 19.6 Å². The molecule has 1 aliphatic rings. The number of nitrogens with zero attached hydrogens (tertiary/aromatic N) is 3. The van der Waals surface area contributed by atoms with E-state index < -0.39 is 0 Å². The van der Waals surface area contributed by atoms with Crippen LogP contribution in [0, 0.1) is 5.92 Å². The van der Waals surface area contributed by atoms with Crippen molar-refractivity contribution in [1.82, 2.24) is 9.88 Å². The van der Waals surface area contributed by atoms with Gasteiger partial charge in [-0.05, 0) is 29.5 Å². The molecule has 0 saturated carbocycles. The molecule has 3 aromatic rings. The van der Waals surface area contributed by atoms with E-state index in [-0.39, 0.29) is 11.8 Å². The topological polar surface area (TPSA) is 65.9 Å². The second-order valence-corrected chi connectivity index (χ2v) is 8.01. The molecule has 1 aliphatic heterocycles. The normalized spacial score (nSPS) is 14.4. The third-order valence-corrected chi connectivity index (χ3v) is 5.28. The molecule has 6 nitrogen and oxygen atoms in total. The molecule has 1 saturated heterocycles. The number of carbonyl (C=O) groups is 1. The molecule has 30 heavy (non-hydrogen) atoms. The first-order valence-corrected chi connectivity index (χ1v) is 10.4. The number of rotatable bonds is 4. The molecule has 2 heterocycles. The van der Waals surface area contributed by atoms with Crippen LogP contribution in [0.15, 0.2) is 54.6 Å². The Bertz CT molecular complexity index is 1040. The summed E-state index contributed by atoms with van der Waals surface area (Å²) in [5, 5.41) is 12.4. The molecule has 0 atom stereocenters. The zero-order valence-corrected chi connectivity index (χ0v) is 17.4. The second-order valence-electron chi connectivity index (χ2n) is 8.01. The van der Waals surface area contributed by atoms with Crippen LogP contribution < -0.4 is 4.90 Å². The average molecular weight is 405 g/mol. The Hall–Kier alpha value is -3.28. The third-order valence-electron chi connectivity index (χ3n) is 5.28. The van der Waals surface area contributed by atoms with Crippen molar-refractivity contribution in [2.75, 3.05) is 37.7 Å².